The number of amides is 1. The van der Waals surface area contributed by atoms with Gasteiger partial charge in [0.2, 0.25) is 5.88 Å². The van der Waals surface area contributed by atoms with Crippen LogP contribution in [-0.2, 0) is 0 Å². The van der Waals surface area contributed by atoms with Gasteiger partial charge in [-0.2, -0.15) is 0 Å². The number of aliphatic hydroxyl groups is 1. The zero-order chi connectivity index (χ0) is 14.4. The van der Waals surface area contributed by atoms with Crippen molar-refractivity contribution in [3.63, 3.8) is 0 Å². The summed E-state index contributed by atoms with van der Waals surface area (Å²) in [6.45, 7) is 0.168. The molecule has 2 N–H and O–H groups in total. The molecule has 2 rings (SSSR count). The van der Waals surface area contributed by atoms with Crippen LogP contribution in [0.15, 0.2) is 42.6 Å². The summed E-state index contributed by atoms with van der Waals surface area (Å²) in [5.74, 6) is 0.341. The van der Waals surface area contributed by atoms with E-state index in [4.69, 9.17) is 9.84 Å². The fourth-order valence-corrected chi connectivity index (χ4v) is 1.78. The summed E-state index contributed by atoms with van der Waals surface area (Å²) in [4.78, 5) is 16.0. The Bertz CT molecular complexity index is 582. The summed E-state index contributed by atoms with van der Waals surface area (Å²) >= 11 is 0. The zero-order valence-corrected chi connectivity index (χ0v) is 11.2. The van der Waals surface area contributed by atoms with Gasteiger partial charge in [0.05, 0.1) is 13.7 Å². The molecule has 0 radical (unpaired) electrons. The van der Waals surface area contributed by atoms with E-state index in [1.807, 2.05) is 18.2 Å². The van der Waals surface area contributed by atoms with E-state index in [1.54, 1.807) is 31.5 Å². The van der Waals surface area contributed by atoms with Crippen molar-refractivity contribution in [2.24, 2.45) is 0 Å². The van der Waals surface area contributed by atoms with E-state index < -0.39 is 0 Å². The number of carbonyl (C=O) groups is 1. The molecule has 5 heteroatoms. The fraction of sp³-hybridized carbons (Fsp3) is 0.200. The second-order valence-electron chi connectivity index (χ2n) is 4.15. The molecule has 2 aromatic rings. The Kier molecular flexibility index (Phi) is 4.68. The number of pyridine rings is 1. The molecule has 1 aromatic heterocycles. The summed E-state index contributed by atoms with van der Waals surface area (Å²) in [7, 11) is 1.56. The van der Waals surface area contributed by atoms with Gasteiger partial charge in [0.1, 0.15) is 0 Å². The molecule has 1 aromatic carbocycles. The number of methoxy groups -OCH3 is 1. The van der Waals surface area contributed by atoms with E-state index in [2.05, 4.69) is 10.3 Å². The number of rotatable bonds is 5. The predicted octanol–water partition coefficient (Wildman–Crippen LogP) is 1.48. The van der Waals surface area contributed by atoms with Gasteiger partial charge in [0, 0.05) is 29.9 Å². The first-order valence-corrected chi connectivity index (χ1v) is 6.24. The van der Waals surface area contributed by atoms with Crippen LogP contribution in [0, 0.1) is 0 Å². The van der Waals surface area contributed by atoms with E-state index in [0.29, 0.717) is 11.4 Å². The molecule has 0 atom stereocenters. The van der Waals surface area contributed by atoms with Gasteiger partial charge in [-0.1, -0.05) is 12.1 Å². The number of ether oxygens (including phenoxy) is 1. The Balaban J connectivity index is 2.22. The third-order valence-corrected chi connectivity index (χ3v) is 2.80. The number of hydrogen-bond acceptors (Lipinski definition) is 4. The molecule has 1 heterocycles. The second kappa shape index (κ2) is 6.68. The minimum absolute atomic E-state index is 0.0756. The molecule has 20 heavy (non-hydrogen) atoms. The fourth-order valence-electron chi connectivity index (χ4n) is 1.78. The molecule has 5 nitrogen and oxygen atoms in total. The molecule has 0 aliphatic rings. The molecule has 0 saturated carbocycles. The molecular weight excluding hydrogens is 256 g/mol. The molecule has 1 amide bonds. The highest BCUT2D eigenvalue weighted by molar-refractivity contribution is 5.95. The Labute approximate surface area is 117 Å². The number of benzene rings is 1. The van der Waals surface area contributed by atoms with Gasteiger partial charge < -0.3 is 15.2 Å². The van der Waals surface area contributed by atoms with Crippen LogP contribution in [0.2, 0.25) is 0 Å². The molecule has 104 valence electrons. The Morgan fingerprint density at radius 3 is 2.80 bits per heavy atom. The maximum atomic E-state index is 11.8. The molecule has 0 spiro atoms. The van der Waals surface area contributed by atoms with Crippen molar-refractivity contribution < 1.29 is 14.6 Å². The van der Waals surface area contributed by atoms with Crippen LogP contribution in [0.3, 0.4) is 0 Å². The van der Waals surface area contributed by atoms with Crippen LogP contribution < -0.4 is 10.1 Å². The van der Waals surface area contributed by atoms with E-state index in [-0.39, 0.29) is 19.1 Å². The average Bonchev–Trinajstić information content (AvgIpc) is 2.52. The quantitative estimate of drug-likeness (QED) is 0.865. The Morgan fingerprint density at radius 2 is 2.15 bits per heavy atom. The summed E-state index contributed by atoms with van der Waals surface area (Å²) in [5, 5.41) is 11.3. The zero-order valence-electron chi connectivity index (χ0n) is 11.2. The van der Waals surface area contributed by atoms with Gasteiger partial charge in [-0.05, 0) is 23.8 Å². The summed E-state index contributed by atoms with van der Waals surface area (Å²) in [6.07, 6.45) is 1.70. The lowest BCUT2D eigenvalue weighted by Gasteiger charge is -2.06. The van der Waals surface area contributed by atoms with Gasteiger partial charge in [-0.3, -0.25) is 4.79 Å². The third-order valence-electron chi connectivity index (χ3n) is 2.80. The van der Waals surface area contributed by atoms with Crippen LogP contribution in [-0.4, -0.2) is 36.3 Å². The van der Waals surface area contributed by atoms with Crippen LogP contribution in [0.4, 0.5) is 0 Å². The van der Waals surface area contributed by atoms with Crippen molar-refractivity contribution in [3.05, 3.63) is 48.2 Å². The van der Waals surface area contributed by atoms with Crippen LogP contribution in [0.25, 0.3) is 11.1 Å². The molecule has 0 unspecified atom stereocenters. The number of aromatic nitrogens is 1. The van der Waals surface area contributed by atoms with Gasteiger partial charge in [0.15, 0.2) is 0 Å². The maximum absolute atomic E-state index is 11.8. The standard InChI is InChI=1S/C15H16N2O3/c1-20-14-6-5-13(10-17-14)11-3-2-4-12(9-11)15(19)16-7-8-18/h2-6,9-10,18H,7-8H2,1H3,(H,16,19). The minimum atomic E-state index is -0.206. The molecule has 0 bridgehead atoms. The minimum Gasteiger partial charge on any atom is -0.481 e. The highest BCUT2D eigenvalue weighted by atomic mass is 16.5. The number of aliphatic hydroxyl groups excluding tert-OH is 1. The lowest BCUT2D eigenvalue weighted by Crippen LogP contribution is -2.26. The predicted molar refractivity (Wildman–Crippen MR) is 75.6 cm³/mol. The summed E-state index contributed by atoms with van der Waals surface area (Å²) in [6, 6.07) is 10.9. The van der Waals surface area contributed by atoms with E-state index in [1.165, 1.54) is 0 Å². The number of nitrogens with zero attached hydrogens (tertiary/aromatic N) is 1. The SMILES string of the molecule is COc1ccc(-c2cccc(C(=O)NCCO)c2)cn1. The monoisotopic (exact) mass is 272 g/mol. The van der Waals surface area contributed by atoms with Crippen molar-refractivity contribution in [2.75, 3.05) is 20.3 Å². The van der Waals surface area contributed by atoms with E-state index in [9.17, 15) is 4.79 Å². The highest BCUT2D eigenvalue weighted by Gasteiger charge is 2.06. The normalized spacial score (nSPS) is 10.1. The van der Waals surface area contributed by atoms with Crippen molar-refractivity contribution >= 4 is 5.91 Å². The third kappa shape index (κ3) is 3.33. The van der Waals surface area contributed by atoms with Gasteiger partial charge in [-0.15, -0.1) is 0 Å². The number of carbonyl (C=O) groups excluding carboxylic acids is 1. The maximum Gasteiger partial charge on any atom is 0.251 e. The van der Waals surface area contributed by atoms with E-state index in [0.717, 1.165) is 11.1 Å². The van der Waals surface area contributed by atoms with Crippen molar-refractivity contribution in [1.29, 1.82) is 0 Å². The highest BCUT2D eigenvalue weighted by Crippen LogP contribution is 2.21. The smallest absolute Gasteiger partial charge is 0.251 e. The first-order chi connectivity index (χ1) is 9.74. The lowest BCUT2D eigenvalue weighted by atomic mass is 10.0. The average molecular weight is 272 g/mol. The molecule has 0 fully saturated rings. The Morgan fingerprint density at radius 1 is 1.30 bits per heavy atom. The van der Waals surface area contributed by atoms with Crippen molar-refractivity contribution in [3.8, 4) is 17.0 Å². The van der Waals surface area contributed by atoms with E-state index >= 15 is 0 Å². The van der Waals surface area contributed by atoms with Crippen molar-refractivity contribution in [1.82, 2.24) is 10.3 Å². The first-order valence-electron chi connectivity index (χ1n) is 6.24. The Hall–Kier alpha value is -2.40. The topological polar surface area (TPSA) is 71.5 Å². The molecular formula is C15H16N2O3. The van der Waals surface area contributed by atoms with Crippen LogP contribution in [0.1, 0.15) is 10.4 Å². The van der Waals surface area contributed by atoms with Crippen LogP contribution in [0.5, 0.6) is 5.88 Å². The lowest BCUT2D eigenvalue weighted by molar-refractivity contribution is 0.0945. The van der Waals surface area contributed by atoms with Gasteiger partial charge in [-0.25, -0.2) is 4.98 Å². The number of hydrogen-bond donors (Lipinski definition) is 2. The van der Waals surface area contributed by atoms with Gasteiger partial charge in [0.25, 0.3) is 5.91 Å². The van der Waals surface area contributed by atoms with Crippen LogP contribution >= 0.6 is 0 Å². The summed E-state index contributed by atoms with van der Waals surface area (Å²) in [5.41, 5.74) is 2.35. The first kappa shape index (κ1) is 14.0. The van der Waals surface area contributed by atoms with Gasteiger partial charge >= 0.3 is 0 Å². The summed E-state index contributed by atoms with van der Waals surface area (Å²) < 4.78 is 5.01. The molecule has 0 aliphatic heterocycles. The number of nitrogens with one attached hydrogen (secondary N) is 1. The van der Waals surface area contributed by atoms with Crippen molar-refractivity contribution in [2.45, 2.75) is 0 Å². The second-order valence-corrected chi connectivity index (χ2v) is 4.15. The molecule has 0 saturated heterocycles. The molecule has 0 aliphatic carbocycles. The largest absolute Gasteiger partial charge is 0.481 e.